The maximum atomic E-state index is 13.9. The van der Waals surface area contributed by atoms with E-state index < -0.39 is 23.4 Å². The molecule has 0 saturated carbocycles. The third kappa shape index (κ3) is 7.83. The Morgan fingerprint density at radius 1 is 0.500 bits per heavy atom. The predicted octanol–water partition coefficient (Wildman–Crippen LogP) is 10.1. The predicted molar refractivity (Wildman–Crippen MR) is 153 cm³/mol. The third-order valence-corrected chi connectivity index (χ3v) is 7.16. The van der Waals surface area contributed by atoms with Gasteiger partial charge in [-0.05, 0) is 72.5 Å². The summed E-state index contributed by atoms with van der Waals surface area (Å²) in [6.45, 7) is 0.880. The highest BCUT2D eigenvalue weighted by Crippen LogP contribution is 2.46. The lowest BCUT2D eigenvalue weighted by atomic mass is 9.89. The maximum Gasteiger partial charge on any atom is 0.423 e. The number of rotatable bonds is 13. The van der Waals surface area contributed by atoms with E-state index in [-0.39, 0.29) is 11.1 Å². The first-order valence-electron chi connectivity index (χ1n) is 14.2. The summed E-state index contributed by atoms with van der Waals surface area (Å²) in [5, 5.41) is 14.1. The molecule has 2 heterocycles. The molecule has 0 bridgehead atoms. The molecule has 2 unspecified atom stereocenters. The van der Waals surface area contributed by atoms with E-state index in [1.54, 1.807) is 0 Å². The van der Waals surface area contributed by atoms with Crippen molar-refractivity contribution < 1.29 is 35.8 Å². The van der Waals surface area contributed by atoms with Gasteiger partial charge in [-0.25, -0.2) is 0 Å². The van der Waals surface area contributed by atoms with Gasteiger partial charge in [0.05, 0.1) is 13.2 Å². The number of hydrogen-bond donors (Lipinski definition) is 0. The number of allylic oxidation sites excluding steroid dienone is 4. The summed E-state index contributed by atoms with van der Waals surface area (Å²) < 4.78 is 94.6. The Kier molecular flexibility index (Phi) is 10.8. The first-order chi connectivity index (χ1) is 21.1. The molecule has 44 heavy (non-hydrogen) atoms. The van der Waals surface area contributed by atoms with Crippen LogP contribution in [-0.2, 0) is 11.1 Å². The van der Waals surface area contributed by atoms with Crippen molar-refractivity contribution in [1.82, 2.24) is 0 Å². The van der Waals surface area contributed by atoms with E-state index in [0.29, 0.717) is 24.7 Å². The van der Waals surface area contributed by atoms with Crippen molar-refractivity contribution in [3.8, 4) is 11.5 Å². The second-order valence-electron chi connectivity index (χ2n) is 10.2. The molecule has 4 rings (SSSR count). The normalized spacial score (nSPS) is 21.3. The van der Waals surface area contributed by atoms with E-state index in [1.165, 1.54) is 85.2 Å². The van der Waals surface area contributed by atoms with Crippen LogP contribution in [0.1, 0.15) is 49.7 Å². The van der Waals surface area contributed by atoms with Crippen LogP contribution in [0.4, 0.5) is 26.3 Å². The number of halogens is 6. The highest BCUT2D eigenvalue weighted by molar-refractivity contribution is 5.39. The van der Waals surface area contributed by atoms with Crippen LogP contribution in [-0.4, -0.2) is 25.6 Å². The van der Waals surface area contributed by atoms with Gasteiger partial charge in [-0.3, -0.25) is 0 Å². The zero-order chi connectivity index (χ0) is 31.5. The molecular formula is C32H32F6N4O2. The zero-order valence-electron chi connectivity index (χ0n) is 23.8. The van der Waals surface area contributed by atoms with Crippen molar-refractivity contribution in [2.45, 2.75) is 62.0 Å². The fourth-order valence-electron chi connectivity index (χ4n) is 4.72. The molecule has 0 N–H and O–H groups in total. The highest BCUT2D eigenvalue weighted by atomic mass is 19.4. The lowest BCUT2D eigenvalue weighted by molar-refractivity contribution is -0.176. The van der Waals surface area contributed by atoms with Gasteiger partial charge >= 0.3 is 12.4 Å². The first kappa shape index (κ1) is 32.7. The van der Waals surface area contributed by atoms with E-state index in [2.05, 4.69) is 20.5 Å². The zero-order valence-corrected chi connectivity index (χ0v) is 23.8. The van der Waals surface area contributed by atoms with Gasteiger partial charge in [-0.15, -0.1) is 0 Å². The molecule has 2 aliphatic rings. The number of azo groups is 2. The van der Waals surface area contributed by atoms with Crippen LogP contribution in [0.2, 0.25) is 0 Å². The number of hydrogen-bond acceptors (Lipinski definition) is 6. The summed E-state index contributed by atoms with van der Waals surface area (Å²) >= 11 is 0. The number of ether oxygens (including phenoxy) is 2. The Bertz CT molecular complexity index is 1250. The van der Waals surface area contributed by atoms with Gasteiger partial charge < -0.3 is 9.47 Å². The molecule has 6 nitrogen and oxygen atoms in total. The molecular weight excluding hydrogens is 586 g/mol. The molecule has 0 spiro atoms. The fourth-order valence-corrected chi connectivity index (χ4v) is 4.72. The number of benzene rings is 2. The van der Waals surface area contributed by atoms with Crippen molar-refractivity contribution in [3.05, 3.63) is 109 Å². The molecule has 12 heteroatoms. The standard InChI is InChI=1S/C32H32F6N4O2/c33-31(34,35)29(19-5-7-21-39-41-29)25-11-15-27(16-12-25)43-23-9-3-1-2-4-10-24-44-28-17-13-26(14-18-28)30(32(36,37)38)20-6-8-22-40-42-30/h5-8,11-22H,1-4,9-10,23-24H2. The Morgan fingerprint density at radius 2 is 0.864 bits per heavy atom. The third-order valence-electron chi connectivity index (χ3n) is 7.16. The van der Waals surface area contributed by atoms with Crippen molar-refractivity contribution in [2.24, 2.45) is 20.5 Å². The monoisotopic (exact) mass is 618 g/mol. The first-order valence-corrected chi connectivity index (χ1v) is 14.2. The van der Waals surface area contributed by atoms with Gasteiger partial charge in [0.25, 0.3) is 0 Å². The van der Waals surface area contributed by atoms with Crippen molar-refractivity contribution in [1.29, 1.82) is 0 Å². The molecule has 2 aromatic rings. The van der Waals surface area contributed by atoms with Crippen LogP contribution in [0.5, 0.6) is 11.5 Å². The molecule has 2 atom stereocenters. The van der Waals surface area contributed by atoms with Crippen molar-refractivity contribution in [2.75, 3.05) is 13.2 Å². The summed E-state index contributed by atoms with van der Waals surface area (Å²) in [5.41, 5.74) is -5.17. The molecule has 0 amide bonds. The van der Waals surface area contributed by atoms with Gasteiger partial charge in [0.1, 0.15) is 11.5 Å². The van der Waals surface area contributed by atoms with Gasteiger partial charge in [-0.1, -0.05) is 62.1 Å². The number of alkyl halides is 6. The number of nitrogens with zero attached hydrogens (tertiary/aromatic N) is 4. The Morgan fingerprint density at radius 3 is 1.23 bits per heavy atom. The summed E-state index contributed by atoms with van der Waals surface area (Å²) in [5.74, 6) is 0.953. The second-order valence-corrected chi connectivity index (χ2v) is 10.2. The molecule has 0 fully saturated rings. The minimum atomic E-state index is -4.65. The Balaban J connectivity index is 1.11. The van der Waals surface area contributed by atoms with Crippen LogP contribution < -0.4 is 9.47 Å². The average molecular weight is 619 g/mol. The topological polar surface area (TPSA) is 67.9 Å². The molecule has 234 valence electrons. The maximum absolute atomic E-state index is 13.9. The highest BCUT2D eigenvalue weighted by Gasteiger charge is 2.56. The lowest BCUT2D eigenvalue weighted by Gasteiger charge is -2.28. The van der Waals surface area contributed by atoms with Gasteiger partial charge in [-0.2, -0.15) is 46.8 Å². The smallest absolute Gasteiger partial charge is 0.423 e. The fraction of sp³-hybridized carbons (Fsp3) is 0.375. The quantitative estimate of drug-likeness (QED) is 0.166. The van der Waals surface area contributed by atoms with Crippen LogP contribution >= 0.6 is 0 Å². The minimum absolute atomic E-state index is 0.0471. The van der Waals surface area contributed by atoms with Crippen molar-refractivity contribution >= 4 is 0 Å². The minimum Gasteiger partial charge on any atom is -0.494 e. The van der Waals surface area contributed by atoms with Crippen LogP contribution in [0.15, 0.2) is 118 Å². The van der Waals surface area contributed by atoms with E-state index in [4.69, 9.17) is 9.47 Å². The van der Waals surface area contributed by atoms with Gasteiger partial charge in [0, 0.05) is 12.4 Å². The van der Waals surface area contributed by atoms with E-state index in [1.807, 2.05) is 0 Å². The Hall–Kier alpha value is -4.22. The van der Waals surface area contributed by atoms with E-state index in [9.17, 15) is 26.3 Å². The van der Waals surface area contributed by atoms with Gasteiger partial charge in [0.2, 0.25) is 11.1 Å². The Labute approximate surface area is 251 Å². The average Bonchev–Trinajstić information content (AvgIpc) is 3.41. The molecule has 2 aliphatic heterocycles. The second kappa shape index (κ2) is 14.5. The van der Waals surface area contributed by atoms with Crippen LogP contribution in [0.3, 0.4) is 0 Å². The van der Waals surface area contributed by atoms with Crippen LogP contribution in [0, 0.1) is 0 Å². The van der Waals surface area contributed by atoms with Crippen LogP contribution in [0.25, 0.3) is 0 Å². The summed E-state index contributed by atoms with van der Waals surface area (Å²) in [6.07, 6.45) is 5.84. The summed E-state index contributed by atoms with van der Waals surface area (Å²) in [6, 6.07) is 11.4. The molecule has 0 radical (unpaired) electrons. The molecule has 0 saturated heterocycles. The molecule has 0 aliphatic carbocycles. The summed E-state index contributed by atoms with van der Waals surface area (Å²) in [7, 11) is 0. The lowest BCUT2D eigenvalue weighted by Crippen LogP contribution is -2.38. The SMILES string of the molecule is FC(F)(F)C1(c2ccc(OCCCCCCCCOc3ccc(C4(C(F)(F)F)C=CC=CN=N4)cc3)cc2)C=CC=CN=N1. The van der Waals surface area contributed by atoms with Crippen molar-refractivity contribution in [3.63, 3.8) is 0 Å². The summed E-state index contributed by atoms with van der Waals surface area (Å²) in [4.78, 5) is 0. The largest absolute Gasteiger partial charge is 0.494 e. The van der Waals surface area contributed by atoms with Gasteiger partial charge in [0.15, 0.2) is 0 Å². The molecule has 2 aromatic carbocycles. The van der Waals surface area contributed by atoms with E-state index in [0.717, 1.165) is 50.7 Å². The molecule has 0 aromatic heterocycles. The number of unbranched alkanes of at least 4 members (excludes halogenated alkanes) is 5. The van der Waals surface area contributed by atoms with E-state index >= 15 is 0 Å².